The molecule has 0 bridgehead atoms. The first kappa shape index (κ1) is 22.1. The third-order valence-electron chi connectivity index (χ3n) is 6.14. The number of piperazine rings is 2. The molecule has 2 aromatic rings. The van der Waals surface area contributed by atoms with Crippen LogP contribution in [0, 0.1) is 6.92 Å². The van der Waals surface area contributed by atoms with E-state index in [1.807, 2.05) is 11.8 Å². The second kappa shape index (κ2) is 9.60. The topological polar surface area (TPSA) is 74.3 Å². The molecular formula is C23H32N6O3. The molecule has 0 aliphatic carbocycles. The van der Waals surface area contributed by atoms with E-state index in [0.29, 0.717) is 43.2 Å². The van der Waals surface area contributed by atoms with Crippen LogP contribution in [0.5, 0.6) is 11.5 Å². The molecule has 3 heterocycles. The number of amides is 1. The van der Waals surface area contributed by atoms with Crippen LogP contribution >= 0.6 is 0 Å². The summed E-state index contributed by atoms with van der Waals surface area (Å²) in [5, 5.41) is 0. The maximum Gasteiger partial charge on any atom is 0.257 e. The van der Waals surface area contributed by atoms with Crippen molar-refractivity contribution >= 4 is 17.7 Å². The highest BCUT2D eigenvalue weighted by molar-refractivity contribution is 5.97. The number of aryl methyl sites for hydroxylation is 1. The minimum absolute atomic E-state index is 0.0348. The van der Waals surface area contributed by atoms with E-state index in [2.05, 4.69) is 32.8 Å². The first-order chi connectivity index (χ1) is 15.5. The maximum atomic E-state index is 13.1. The van der Waals surface area contributed by atoms with Gasteiger partial charge in [0, 0.05) is 70.2 Å². The van der Waals surface area contributed by atoms with Crippen LogP contribution in [0.4, 0.5) is 11.8 Å². The fourth-order valence-electron chi connectivity index (χ4n) is 4.13. The van der Waals surface area contributed by atoms with Crippen LogP contribution < -0.4 is 19.3 Å². The van der Waals surface area contributed by atoms with Gasteiger partial charge in [-0.15, -0.1) is 0 Å². The average Bonchev–Trinajstić information content (AvgIpc) is 2.83. The summed E-state index contributed by atoms with van der Waals surface area (Å²) in [6.07, 6.45) is 0. The third-order valence-corrected chi connectivity index (χ3v) is 6.14. The summed E-state index contributed by atoms with van der Waals surface area (Å²) in [6, 6.07) is 7.35. The van der Waals surface area contributed by atoms with E-state index in [4.69, 9.17) is 14.5 Å². The molecule has 9 heteroatoms. The van der Waals surface area contributed by atoms with Crippen molar-refractivity contribution < 1.29 is 14.3 Å². The largest absolute Gasteiger partial charge is 0.497 e. The number of nitrogens with zero attached hydrogens (tertiary/aromatic N) is 6. The standard InChI is InChI=1S/C23H32N6O3/c1-17-15-21(27-9-7-26(2)8-10-27)25-23(24-17)29-13-11-28(12-14-29)22(30)19-6-5-18(31-3)16-20(19)32-4/h5-6,15-16H,7-14H2,1-4H3. The summed E-state index contributed by atoms with van der Waals surface area (Å²) in [4.78, 5) is 31.3. The number of likely N-dealkylation sites (N-methyl/N-ethyl adjacent to an activating group) is 1. The van der Waals surface area contributed by atoms with Crippen LogP contribution in [0.25, 0.3) is 0 Å². The van der Waals surface area contributed by atoms with E-state index in [-0.39, 0.29) is 5.91 Å². The maximum absolute atomic E-state index is 13.1. The van der Waals surface area contributed by atoms with Crippen molar-refractivity contribution in [1.29, 1.82) is 0 Å². The number of ether oxygens (including phenoxy) is 2. The van der Waals surface area contributed by atoms with Gasteiger partial charge in [-0.3, -0.25) is 4.79 Å². The molecule has 2 aliphatic rings. The van der Waals surface area contributed by atoms with Gasteiger partial charge in [-0.1, -0.05) is 0 Å². The molecule has 32 heavy (non-hydrogen) atoms. The summed E-state index contributed by atoms with van der Waals surface area (Å²) in [5.74, 6) is 2.88. The summed E-state index contributed by atoms with van der Waals surface area (Å²) in [6.45, 7) is 8.62. The normalized spacial score (nSPS) is 17.4. The smallest absolute Gasteiger partial charge is 0.257 e. The fourth-order valence-corrected chi connectivity index (χ4v) is 4.13. The molecule has 0 atom stereocenters. The number of carbonyl (C=O) groups is 1. The summed E-state index contributed by atoms with van der Waals surface area (Å²) < 4.78 is 10.7. The van der Waals surface area contributed by atoms with Gasteiger partial charge in [0.15, 0.2) is 0 Å². The van der Waals surface area contributed by atoms with Crippen molar-refractivity contribution in [2.45, 2.75) is 6.92 Å². The number of benzene rings is 1. The quantitative estimate of drug-likeness (QED) is 0.693. The molecule has 1 amide bonds. The number of rotatable bonds is 5. The highest BCUT2D eigenvalue weighted by Crippen LogP contribution is 2.26. The molecule has 0 N–H and O–H groups in total. The van der Waals surface area contributed by atoms with E-state index in [9.17, 15) is 4.79 Å². The summed E-state index contributed by atoms with van der Waals surface area (Å²) >= 11 is 0. The first-order valence-electron chi connectivity index (χ1n) is 11.0. The van der Waals surface area contributed by atoms with Crippen molar-refractivity contribution in [2.24, 2.45) is 0 Å². The molecule has 0 unspecified atom stereocenters. The lowest BCUT2D eigenvalue weighted by Crippen LogP contribution is -2.49. The van der Waals surface area contributed by atoms with Crippen LogP contribution in [0.3, 0.4) is 0 Å². The lowest BCUT2D eigenvalue weighted by Gasteiger charge is -2.36. The average molecular weight is 441 g/mol. The van der Waals surface area contributed by atoms with Crippen LogP contribution in [0.15, 0.2) is 24.3 Å². The number of anilines is 2. The zero-order valence-corrected chi connectivity index (χ0v) is 19.4. The first-order valence-corrected chi connectivity index (χ1v) is 11.0. The van der Waals surface area contributed by atoms with Gasteiger partial charge in [-0.25, -0.2) is 4.98 Å². The monoisotopic (exact) mass is 440 g/mol. The fraction of sp³-hybridized carbons (Fsp3) is 0.522. The predicted molar refractivity (Wildman–Crippen MR) is 124 cm³/mol. The molecule has 4 rings (SSSR count). The number of hydrogen-bond donors (Lipinski definition) is 0. The number of aromatic nitrogens is 2. The van der Waals surface area contributed by atoms with Crippen molar-refractivity contribution in [3.8, 4) is 11.5 Å². The molecule has 1 aromatic carbocycles. The van der Waals surface area contributed by atoms with Crippen LogP contribution in [0.2, 0.25) is 0 Å². The molecule has 2 saturated heterocycles. The minimum Gasteiger partial charge on any atom is -0.497 e. The van der Waals surface area contributed by atoms with E-state index in [0.717, 1.165) is 43.6 Å². The zero-order chi connectivity index (χ0) is 22.7. The molecular weight excluding hydrogens is 408 g/mol. The minimum atomic E-state index is -0.0348. The Hall–Kier alpha value is -3.07. The van der Waals surface area contributed by atoms with E-state index in [1.165, 1.54) is 0 Å². The second-order valence-electron chi connectivity index (χ2n) is 8.30. The van der Waals surface area contributed by atoms with E-state index < -0.39 is 0 Å². The molecule has 9 nitrogen and oxygen atoms in total. The molecule has 172 valence electrons. The Labute approximate surface area is 189 Å². The second-order valence-corrected chi connectivity index (χ2v) is 8.30. The van der Waals surface area contributed by atoms with Crippen molar-refractivity contribution in [3.63, 3.8) is 0 Å². The van der Waals surface area contributed by atoms with Gasteiger partial charge in [0.05, 0.1) is 19.8 Å². The Kier molecular flexibility index (Phi) is 6.64. The van der Waals surface area contributed by atoms with Crippen LogP contribution in [-0.2, 0) is 0 Å². The van der Waals surface area contributed by atoms with E-state index >= 15 is 0 Å². The highest BCUT2D eigenvalue weighted by Gasteiger charge is 2.26. The third kappa shape index (κ3) is 4.72. The van der Waals surface area contributed by atoms with Crippen LogP contribution in [-0.4, -0.2) is 99.3 Å². The van der Waals surface area contributed by atoms with Gasteiger partial charge < -0.3 is 29.1 Å². The van der Waals surface area contributed by atoms with Gasteiger partial charge >= 0.3 is 0 Å². The van der Waals surface area contributed by atoms with Gasteiger partial charge in [-0.2, -0.15) is 4.98 Å². The lowest BCUT2D eigenvalue weighted by molar-refractivity contribution is 0.0742. The zero-order valence-electron chi connectivity index (χ0n) is 19.4. The number of carbonyl (C=O) groups excluding carboxylic acids is 1. The Morgan fingerprint density at radius 3 is 2.22 bits per heavy atom. The molecule has 2 aliphatic heterocycles. The van der Waals surface area contributed by atoms with Crippen molar-refractivity contribution in [3.05, 3.63) is 35.5 Å². The lowest BCUT2D eigenvalue weighted by atomic mass is 10.1. The molecule has 0 spiro atoms. The highest BCUT2D eigenvalue weighted by atomic mass is 16.5. The molecule has 1 aromatic heterocycles. The Bertz CT molecular complexity index is 953. The molecule has 2 fully saturated rings. The van der Waals surface area contributed by atoms with Crippen molar-refractivity contribution in [2.75, 3.05) is 83.4 Å². The molecule has 0 radical (unpaired) electrons. The van der Waals surface area contributed by atoms with Gasteiger partial charge in [0.25, 0.3) is 5.91 Å². The van der Waals surface area contributed by atoms with Gasteiger partial charge in [0.1, 0.15) is 17.3 Å². The van der Waals surface area contributed by atoms with E-state index in [1.54, 1.807) is 32.4 Å². The predicted octanol–water partition coefficient (Wildman–Crippen LogP) is 1.52. The number of hydrogen-bond acceptors (Lipinski definition) is 8. The summed E-state index contributed by atoms with van der Waals surface area (Å²) in [7, 11) is 5.31. The van der Waals surface area contributed by atoms with Gasteiger partial charge in [-0.05, 0) is 26.1 Å². The Morgan fingerprint density at radius 1 is 0.875 bits per heavy atom. The van der Waals surface area contributed by atoms with Gasteiger partial charge in [0.2, 0.25) is 5.95 Å². The van der Waals surface area contributed by atoms with Crippen LogP contribution in [0.1, 0.15) is 16.1 Å². The van der Waals surface area contributed by atoms with Crippen molar-refractivity contribution in [1.82, 2.24) is 19.8 Å². The SMILES string of the molecule is COc1ccc(C(=O)N2CCN(c3nc(C)cc(N4CCN(C)CC4)n3)CC2)c(OC)c1. The number of methoxy groups -OCH3 is 2. The summed E-state index contributed by atoms with van der Waals surface area (Å²) in [5.41, 5.74) is 1.51. The Morgan fingerprint density at radius 2 is 1.56 bits per heavy atom. The Balaban J connectivity index is 1.43. The molecule has 0 saturated carbocycles.